The number of halogens is 2. The molecule has 6 heteroatoms. The van der Waals surface area contributed by atoms with E-state index >= 15 is 0 Å². The van der Waals surface area contributed by atoms with Gasteiger partial charge in [0.2, 0.25) is 11.9 Å². The molecule has 1 heterocycles. The summed E-state index contributed by atoms with van der Waals surface area (Å²) in [5.74, 6) is 0.0343. The second-order valence-corrected chi connectivity index (χ2v) is 3.86. The van der Waals surface area contributed by atoms with Gasteiger partial charge in [0.05, 0.1) is 9.26 Å². The predicted octanol–water partition coefficient (Wildman–Crippen LogP) is 2.00. The molecule has 13 heavy (non-hydrogen) atoms. The lowest BCUT2D eigenvalue weighted by molar-refractivity contribution is -0.114. The van der Waals surface area contributed by atoms with Crippen LogP contribution >= 0.6 is 34.2 Å². The molecule has 0 unspecified atom stereocenters. The Kier molecular flexibility index (Phi) is 3.43. The molecule has 70 valence electrons. The van der Waals surface area contributed by atoms with E-state index in [1.165, 1.54) is 6.92 Å². The lowest BCUT2D eigenvalue weighted by Crippen LogP contribution is -2.10. The molecule has 0 aromatic carbocycles. The van der Waals surface area contributed by atoms with Crippen LogP contribution in [0.15, 0.2) is 0 Å². The first kappa shape index (κ1) is 10.6. The number of carbonyl (C=O) groups excluding carboxylic acids is 1. The average Bonchev–Trinajstić information content (AvgIpc) is 1.98. The van der Waals surface area contributed by atoms with Crippen molar-refractivity contribution < 1.29 is 4.79 Å². The number of rotatable bonds is 1. The quantitative estimate of drug-likeness (QED) is 0.637. The number of hydrogen-bond donors (Lipinski definition) is 1. The second-order valence-electron chi connectivity index (χ2n) is 2.42. The van der Waals surface area contributed by atoms with Crippen LogP contribution in [0.1, 0.15) is 12.6 Å². The van der Waals surface area contributed by atoms with Crippen molar-refractivity contribution in [2.24, 2.45) is 0 Å². The van der Waals surface area contributed by atoms with E-state index in [1.54, 1.807) is 6.92 Å². The molecule has 1 N–H and O–H groups in total. The van der Waals surface area contributed by atoms with Crippen molar-refractivity contribution in [2.75, 3.05) is 5.32 Å². The summed E-state index contributed by atoms with van der Waals surface area (Å²) in [5, 5.41) is 2.82. The van der Waals surface area contributed by atoms with Gasteiger partial charge in [-0.2, -0.15) is 4.98 Å². The minimum Gasteiger partial charge on any atom is -0.295 e. The first-order valence-electron chi connectivity index (χ1n) is 3.48. The number of amides is 1. The Morgan fingerprint density at radius 1 is 1.54 bits per heavy atom. The smallest absolute Gasteiger partial charge is 0.231 e. The monoisotopic (exact) mass is 311 g/mol. The van der Waals surface area contributed by atoms with Crippen LogP contribution in [-0.2, 0) is 4.79 Å². The molecule has 0 aliphatic heterocycles. The first-order chi connectivity index (χ1) is 6.00. The third-order valence-corrected chi connectivity index (χ3v) is 3.15. The number of hydrogen-bond acceptors (Lipinski definition) is 3. The van der Waals surface area contributed by atoms with Crippen LogP contribution in [0.4, 0.5) is 5.95 Å². The van der Waals surface area contributed by atoms with E-state index in [1.807, 2.05) is 22.6 Å². The summed E-state index contributed by atoms with van der Waals surface area (Å²) in [4.78, 5) is 18.6. The molecule has 0 fully saturated rings. The van der Waals surface area contributed by atoms with E-state index in [9.17, 15) is 4.79 Å². The molecule has 1 rings (SSSR count). The summed E-state index contributed by atoms with van der Waals surface area (Å²) >= 11 is 7.84. The molecule has 0 aliphatic rings. The Morgan fingerprint density at radius 3 is 2.62 bits per heavy atom. The zero-order valence-electron chi connectivity index (χ0n) is 7.06. The number of nitrogens with one attached hydrogen (secondary N) is 1. The number of aryl methyl sites for hydroxylation is 1. The SMILES string of the molecule is CC(=O)Nc1nc(C)c(I)c(Cl)n1. The Labute approximate surface area is 94.2 Å². The van der Waals surface area contributed by atoms with Crippen LogP contribution in [0.25, 0.3) is 0 Å². The van der Waals surface area contributed by atoms with Gasteiger partial charge in [0.1, 0.15) is 5.15 Å². The van der Waals surface area contributed by atoms with Gasteiger partial charge in [-0.05, 0) is 29.5 Å². The van der Waals surface area contributed by atoms with Gasteiger partial charge in [-0.15, -0.1) is 0 Å². The summed E-state index contributed by atoms with van der Waals surface area (Å²) in [6, 6.07) is 0. The number of nitrogens with zero attached hydrogens (tertiary/aromatic N) is 2. The molecule has 0 saturated heterocycles. The van der Waals surface area contributed by atoms with Crippen molar-refractivity contribution in [3.8, 4) is 0 Å². The highest BCUT2D eigenvalue weighted by atomic mass is 127. The Morgan fingerprint density at radius 2 is 2.15 bits per heavy atom. The normalized spacial score (nSPS) is 9.85. The zero-order chi connectivity index (χ0) is 10.0. The number of aromatic nitrogens is 2. The van der Waals surface area contributed by atoms with Crippen molar-refractivity contribution in [3.05, 3.63) is 14.4 Å². The molecule has 0 atom stereocenters. The molecule has 1 amide bonds. The van der Waals surface area contributed by atoms with Crippen molar-refractivity contribution in [1.82, 2.24) is 9.97 Å². The highest BCUT2D eigenvalue weighted by molar-refractivity contribution is 14.1. The van der Waals surface area contributed by atoms with Gasteiger partial charge in [-0.3, -0.25) is 10.1 Å². The van der Waals surface area contributed by atoms with Crippen LogP contribution in [-0.4, -0.2) is 15.9 Å². The molecular weight excluding hydrogens is 304 g/mol. The lowest BCUT2D eigenvalue weighted by Gasteiger charge is -2.03. The van der Waals surface area contributed by atoms with E-state index < -0.39 is 0 Å². The van der Waals surface area contributed by atoms with Gasteiger partial charge < -0.3 is 0 Å². The molecule has 0 saturated carbocycles. The molecule has 0 bridgehead atoms. The van der Waals surface area contributed by atoms with Gasteiger partial charge in [-0.25, -0.2) is 4.98 Å². The second kappa shape index (κ2) is 4.19. The molecule has 4 nitrogen and oxygen atoms in total. The highest BCUT2D eigenvalue weighted by Crippen LogP contribution is 2.19. The summed E-state index contributed by atoms with van der Waals surface area (Å²) in [5.41, 5.74) is 0.754. The molecule has 1 aromatic rings. The van der Waals surface area contributed by atoms with Gasteiger partial charge in [0.25, 0.3) is 0 Å². The van der Waals surface area contributed by atoms with Crippen molar-refractivity contribution in [3.63, 3.8) is 0 Å². The minimum atomic E-state index is -0.211. The van der Waals surface area contributed by atoms with Crippen LogP contribution in [0.3, 0.4) is 0 Å². The van der Waals surface area contributed by atoms with Gasteiger partial charge >= 0.3 is 0 Å². The topological polar surface area (TPSA) is 54.9 Å². The maximum Gasteiger partial charge on any atom is 0.231 e. The Bertz CT molecular complexity index is 333. The maximum atomic E-state index is 10.7. The average molecular weight is 312 g/mol. The van der Waals surface area contributed by atoms with Crippen LogP contribution in [0.5, 0.6) is 0 Å². The van der Waals surface area contributed by atoms with Crippen LogP contribution in [0.2, 0.25) is 5.15 Å². The number of carbonyl (C=O) groups is 1. The predicted molar refractivity (Wildman–Crippen MR) is 58.8 cm³/mol. The van der Waals surface area contributed by atoms with Crippen molar-refractivity contribution in [1.29, 1.82) is 0 Å². The first-order valence-corrected chi connectivity index (χ1v) is 4.93. The van der Waals surface area contributed by atoms with Crippen LogP contribution < -0.4 is 5.32 Å². The Balaban J connectivity index is 3.06. The molecular formula is C7H7ClIN3O. The zero-order valence-corrected chi connectivity index (χ0v) is 9.97. The van der Waals surface area contributed by atoms with Gasteiger partial charge in [0, 0.05) is 6.92 Å². The fraction of sp³-hybridized carbons (Fsp3) is 0.286. The third kappa shape index (κ3) is 2.77. The van der Waals surface area contributed by atoms with Gasteiger partial charge in [0.15, 0.2) is 0 Å². The third-order valence-electron chi connectivity index (χ3n) is 1.26. The van der Waals surface area contributed by atoms with E-state index in [0.29, 0.717) is 5.15 Å². The van der Waals surface area contributed by atoms with E-state index in [4.69, 9.17) is 11.6 Å². The largest absolute Gasteiger partial charge is 0.295 e. The maximum absolute atomic E-state index is 10.7. The Hall–Kier alpha value is -0.430. The summed E-state index contributed by atoms with van der Waals surface area (Å²) < 4.78 is 0.799. The summed E-state index contributed by atoms with van der Waals surface area (Å²) in [7, 11) is 0. The van der Waals surface area contributed by atoms with E-state index in [-0.39, 0.29) is 11.9 Å². The number of anilines is 1. The minimum absolute atomic E-state index is 0.211. The van der Waals surface area contributed by atoms with Crippen LogP contribution in [0, 0.1) is 10.5 Å². The lowest BCUT2D eigenvalue weighted by atomic mass is 10.4. The van der Waals surface area contributed by atoms with Crippen molar-refractivity contribution >= 4 is 46.0 Å². The fourth-order valence-corrected chi connectivity index (χ4v) is 1.20. The summed E-state index contributed by atoms with van der Waals surface area (Å²) in [6.07, 6.45) is 0. The summed E-state index contributed by atoms with van der Waals surface area (Å²) in [6.45, 7) is 3.20. The van der Waals surface area contributed by atoms with E-state index in [2.05, 4.69) is 15.3 Å². The van der Waals surface area contributed by atoms with Crippen molar-refractivity contribution in [2.45, 2.75) is 13.8 Å². The highest BCUT2D eigenvalue weighted by Gasteiger charge is 2.07. The fourth-order valence-electron chi connectivity index (χ4n) is 0.738. The van der Waals surface area contributed by atoms with Gasteiger partial charge in [-0.1, -0.05) is 11.6 Å². The molecule has 0 spiro atoms. The standard InChI is InChI=1S/C7H7ClIN3O/c1-3-5(9)6(8)12-7(10-3)11-4(2)13/h1-2H3,(H,10,11,12,13). The molecule has 0 radical (unpaired) electrons. The molecule has 0 aliphatic carbocycles. The van der Waals surface area contributed by atoms with E-state index in [0.717, 1.165) is 9.26 Å². The molecule has 1 aromatic heterocycles.